The molecule has 0 saturated heterocycles. The van der Waals surface area contributed by atoms with E-state index in [4.69, 9.17) is 0 Å². The molecule has 7 aromatic carbocycles. The summed E-state index contributed by atoms with van der Waals surface area (Å²) >= 11 is 1.88. The Kier molecular flexibility index (Phi) is 5.78. The monoisotopic (exact) mass is 616 g/mol. The van der Waals surface area contributed by atoms with E-state index in [0.717, 1.165) is 11.4 Å². The van der Waals surface area contributed by atoms with Gasteiger partial charge in [-0.1, -0.05) is 115 Å². The molecule has 0 aliphatic rings. The second kappa shape index (κ2) is 10.3. The zero-order chi connectivity index (χ0) is 30.9. The number of nitrogens with zero attached hydrogens (tertiary/aromatic N) is 2. The van der Waals surface area contributed by atoms with E-state index in [1.54, 1.807) is 0 Å². The van der Waals surface area contributed by atoms with Gasteiger partial charge in [-0.2, -0.15) is 0 Å². The van der Waals surface area contributed by atoms with E-state index in [1.807, 2.05) is 11.3 Å². The van der Waals surface area contributed by atoms with Gasteiger partial charge < -0.3 is 9.13 Å². The number of hydrogen-bond donors (Lipinski definition) is 0. The third kappa shape index (κ3) is 4.04. The predicted octanol–water partition coefficient (Wildman–Crippen LogP) is 12.4. The summed E-state index contributed by atoms with van der Waals surface area (Å²) in [6.45, 7) is 0. The lowest BCUT2D eigenvalue weighted by molar-refractivity contribution is 1.13. The summed E-state index contributed by atoms with van der Waals surface area (Å²) in [6, 6.07) is 59.6. The van der Waals surface area contributed by atoms with Crippen LogP contribution in [0.15, 0.2) is 170 Å². The van der Waals surface area contributed by atoms with Gasteiger partial charge in [0.2, 0.25) is 0 Å². The SMILES string of the molecule is c1ccc(-c2ccc(-n3ccc4c3ccc3c5ccccc5n(-c5ccc(-c6cccc7c6sc6ccccc67)cc5)c34)cc2)cc1. The molecule has 0 N–H and O–H groups in total. The van der Waals surface area contributed by atoms with Gasteiger partial charge in [0.1, 0.15) is 0 Å². The lowest BCUT2D eigenvalue weighted by Gasteiger charge is -2.11. The molecule has 0 bridgehead atoms. The predicted molar refractivity (Wildman–Crippen MR) is 201 cm³/mol. The first-order valence-corrected chi connectivity index (χ1v) is 16.8. The molecule has 10 aromatic rings. The fraction of sp³-hybridized carbons (Fsp3) is 0. The largest absolute Gasteiger partial charge is 0.316 e. The quantitative estimate of drug-likeness (QED) is 0.186. The molecule has 0 amide bonds. The number of para-hydroxylation sites is 1. The van der Waals surface area contributed by atoms with Crippen molar-refractivity contribution in [3.63, 3.8) is 0 Å². The van der Waals surface area contributed by atoms with Crippen molar-refractivity contribution < 1.29 is 0 Å². The van der Waals surface area contributed by atoms with Crippen molar-refractivity contribution >= 4 is 64.2 Å². The number of hydrogen-bond acceptors (Lipinski definition) is 1. The average Bonchev–Trinajstić information content (AvgIpc) is 3.84. The summed E-state index contributed by atoms with van der Waals surface area (Å²) in [4.78, 5) is 0. The first-order chi connectivity index (χ1) is 23.3. The van der Waals surface area contributed by atoms with E-state index in [-0.39, 0.29) is 0 Å². The van der Waals surface area contributed by atoms with Crippen LogP contribution in [0.1, 0.15) is 0 Å². The molecule has 0 spiro atoms. The van der Waals surface area contributed by atoms with Crippen molar-refractivity contribution in [1.29, 1.82) is 0 Å². The van der Waals surface area contributed by atoms with Gasteiger partial charge in [-0.05, 0) is 70.8 Å². The van der Waals surface area contributed by atoms with Crippen LogP contribution in [0.4, 0.5) is 0 Å². The minimum absolute atomic E-state index is 1.15. The first kappa shape index (κ1) is 26.3. The van der Waals surface area contributed by atoms with Gasteiger partial charge in [0.25, 0.3) is 0 Å². The van der Waals surface area contributed by atoms with Crippen LogP contribution in [0.2, 0.25) is 0 Å². The van der Waals surface area contributed by atoms with Crippen LogP contribution in [-0.4, -0.2) is 9.13 Å². The molecule has 10 rings (SSSR count). The summed E-state index contributed by atoms with van der Waals surface area (Å²) in [5, 5.41) is 6.44. The second-order valence-corrected chi connectivity index (χ2v) is 13.2. The summed E-state index contributed by atoms with van der Waals surface area (Å²) in [5.41, 5.74) is 10.9. The third-order valence-corrected chi connectivity index (χ3v) is 10.8. The minimum Gasteiger partial charge on any atom is -0.316 e. The van der Waals surface area contributed by atoms with Crippen LogP contribution < -0.4 is 0 Å². The number of thiophene rings is 1. The molecule has 0 radical (unpaired) electrons. The maximum Gasteiger partial charge on any atom is 0.0635 e. The van der Waals surface area contributed by atoms with Crippen molar-refractivity contribution in [2.75, 3.05) is 0 Å². The lowest BCUT2D eigenvalue weighted by atomic mass is 10.0. The summed E-state index contributed by atoms with van der Waals surface area (Å²) in [5.74, 6) is 0. The van der Waals surface area contributed by atoms with Gasteiger partial charge in [-0.3, -0.25) is 0 Å². The van der Waals surface area contributed by atoms with Crippen LogP contribution in [0.25, 0.3) is 86.5 Å². The van der Waals surface area contributed by atoms with Crippen molar-refractivity contribution in [3.05, 3.63) is 170 Å². The van der Waals surface area contributed by atoms with Gasteiger partial charge in [-0.15, -0.1) is 11.3 Å². The molecule has 2 nitrogen and oxygen atoms in total. The standard InChI is InChI=1S/C44H28N2S/c1-2-9-29(10-3-1)30-17-21-32(22-18-30)45-28-27-39-40(45)26-25-37-35-11-4-6-15-41(35)46(43(37)39)33-23-19-31(20-24-33)34-13-8-14-38-36-12-5-7-16-42(36)47-44(34)38/h1-28H. The van der Waals surface area contributed by atoms with Gasteiger partial charge in [0.15, 0.2) is 0 Å². The molecule has 0 unspecified atom stereocenters. The molecule has 0 aliphatic carbocycles. The lowest BCUT2D eigenvalue weighted by Crippen LogP contribution is -1.95. The molecule has 3 aromatic heterocycles. The molecule has 0 saturated carbocycles. The van der Waals surface area contributed by atoms with Gasteiger partial charge in [-0.25, -0.2) is 0 Å². The van der Waals surface area contributed by atoms with E-state index in [0.29, 0.717) is 0 Å². The van der Waals surface area contributed by atoms with Crippen LogP contribution in [0.5, 0.6) is 0 Å². The highest BCUT2D eigenvalue weighted by atomic mass is 32.1. The Morgan fingerprint density at radius 3 is 1.91 bits per heavy atom. The molecule has 0 atom stereocenters. The Morgan fingerprint density at radius 2 is 1.06 bits per heavy atom. The van der Waals surface area contributed by atoms with E-state index >= 15 is 0 Å². The van der Waals surface area contributed by atoms with Gasteiger partial charge in [0.05, 0.1) is 16.6 Å². The van der Waals surface area contributed by atoms with Crippen LogP contribution in [0, 0.1) is 0 Å². The maximum absolute atomic E-state index is 2.44. The molecule has 0 aliphatic heterocycles. The first-order valence-electron chi connectivity index (χ1n) is 16.0. The topological polar surface area (TPSA) is 9.86 Å². The smallest absolute Gasteiger partial charge is 0.0635 e. The molecule has 220 valence electrons. The molecule has 3 heterocycles. The Bertz CT molecular complexity index is 2760. The highest BCUT2D eigenvalue weighted by molar-refractivity contribution is 7.26. The summed E-state index contributed by atoms with van der Waals surface area (Å²) in [7, 11) is 0. The Balaban J connectivity index is 1.12. The number of benzene rings is 7. The maximum atomic E-state index is 2.44. The molecule has 47 heavy (non-hydrogen) atoms. The highest BCUT2D eigenvalue weighted by Gasteiger charge is 2.17. The summed E-state index contributed by atoms with van der Waals surface area (Å²) < 4.78 is 7.43. The Labute approximate surface area is 276 Å². The van der Waals surface area contributed by atoms with Crippen LogP contribution >= 0.6 is 11.3 Å². The molecule has 3 heteroatoms. The normalized spacial score (nSPS) is 11.8. The Hall–Kier alpha value is -5.90. The fourth-order valence-corrected chi connectivity index (χ4v) is 8.62. The van der Waals surface area contributed by atoms with E-state index < -0.39 is 0 Å². The molecular formula is C44H28N2S. The van der Waals surface area contributed by atoms with Gasteiger partial charge in [0, 0.05) is 53.9 Å². The molecular weight excluding hydrogens is 589 g/mol. The van der Waals surface area contributed by atoms with Crippen LogP contribution in [-0.2, 0) is 0 Å². The number of fused-ring (bicyclic) bond motifs is 8. The second-order valence-electron chi connectivity index (χ2n) is 12.2. The Morgan fingerprint density at radius 1 is 0.383 bits per heavy atom. The van der Waals surface area contributed by atoms with Crippen molar-refractivity contribution in [1.82, 2.24) is 9.13 Å². The summed E-state index contributed by atoms with van der Waals surface area (Å²) in [6.07, 6.45) is 2.21. The van der Waals surface area contributed by atoms with Crippen molar-refractivity contribution in [3.8, 4) is 33.6 Å². The van der Waals surface area contributed by atoms with E-state index in [2.05, 4.69) is 179 Å². The van der Waals surface area contributed by atoms with Crippen molar-refractivity contribution in [2.45, 2.75) is 0 Å². The van der Waals surface area contributed by atoms with Crippen LogP contribution in [0.3, 0.4) is 0 Å². The number of rotatable bonds is 4. The fourth-order valence-electron chi connectivity index (χ4n) is 7.38. The van der Waals surface area contributed by atoms with Crippen molar-refractivity contribution in [2.24, 2.45) is 0 Å². The molecule has 0 fully saturated rings. The zero-order valence-corrected chi connectivity index (χ0v) is 26.3. The zero-order valence-electron chi connectivity index (χ0n) is 25.5. The van der Waals surface area contributed by atoms with E-state index in [9.17, 15) is 0 Å². The highest BCUT2D eigenvalue weighted by Crippen LogP contribution is 2.41. The number of aromatic nitrogens is 2. The van der Waals surface area contributed by atoms with E-state index in [1.165, 1.54) is 75.1 Å². The average molecular weight is 617 g/mol. The minimum atomic E-state index is 1.15. The third-order valence-electron chi connectivity index (χ3n) is 9.60. The van der Waals surface area contributed by atoms with Gasteiger partial charge >= 0.3 is 0 Å².